The third-order valence-electron chi connectivity index (χ3n) is 3.63. The van der Waals surface area contributed by atoms with E-state index in [1.54, 1.807) is 5.57 Å². The van der Waals surface area contributed by atoms with Crippen molar-refractivity contribution in [3.63, 3.8) is 0 Å². The standard InChI is InChI=1S/C10H14S2/c1-7-8-2-3-9(6-8)10(7)11-4-5-12-10/h8-9H,1-6H2/t8-,9+/m0/s1. The predicted octanol–water partition coefficient (Wildman–Crippen LogP) is 3.15. The van der Waals surface area contributed by atoms with Crippen LogP contribution in [0.3, 0.4) is 0 Å². The number of rotatable bonds is 0. The Morgan fingerprint density at radius 1 is 1.25 bits per heavy atom. The number of thioether (sulfide) groups is 2. The van der Waals surface area contributed by atoms with E-state index < -0.39 is 0 Å². The molecule has 0 nitrogen and oxygen atoms in total. The zero-order valence-electron chi connectivity index (χ0n) is 7.21. The van der Waals surface area contributed by atoms with Crippen LogP contribution >= 0.6 is 23.5 Å². The molecule has 0 unspecified atom stereocenters. The molecule has 2 saturated carbocycles. The fraction of sp³-hybridized carbons (Fsp3) is 0.800. The minimum absolute atomic E-state index is 0.503. The second-order valence-corrected chi connectivity index (χ2v) is 7.04. The molecule has 2 aliphatic carbocycles. The van der Waals surface area contributed by atoms with Crippen molar-refractivity contribution in [1.82, 2.24) is 0 Å². The normalized spacial score (nSPS) is 43.2. The summed E-state index contributed by atoms with van der Waals surface area (Å²) in [6.45, 7) is 4.33. The van der Waals surface area contributed by atoms with Crippen molar-refractivity contribution in [2.24, 2.45) is 11.8 Å². The van der Waals surface area contributed by atoms with Crippen LogP contribution in [0, 0.1) is 11.8 Å². The van der Waals surface area contributed by atoms with E-state index in [1.807, 2.05) is 0 Å². The highest BCUT2D eigenvalue weighted by Gasteiger charge is 2.55. The Hall–Kier alpha value is 0.440. The van der Waals surface area contributed by atoms with Gasteiger partial charge in [-0.15, -0.1) is 23.5 Å². The van der Waals surface area contributed by atoms with Gasteiger partial charge >= 0.3 is 0 Å². The highest BCUT2D eigenvalue weighted by molar-refractivity contribution is 8.21. The lowest BCUT2D eigenvalue weighted by atomic mass is 9.95. The average molecular weight is 198 g/mol. The van der Waals surface area contributed by atoms with E-state index in [9.17, 15) is 0 Å². The van der Waals surface area contributed by atoms with Crippen molar-refractivity contribution in [3.8, 4) is 0 Å². The topological polar surface area (TPSA) is 0 Å². The Morgan fingerprint density at radius 3 is 2.58 bits per heavy atom. The molecule has 1 heterocycles. The van der Waals surface area contributed by atoms with Crippen molar-refractivity contribution >= 4 is 23.5 Å². The predicted molar refractivity (Wildman–Crippen MR) is 57.6 cm³/mol. The fourth-order valence-electron chi connectivity index (χ4n) is 3.04. The summed E-state index contributed by atoms with van der Waals surface area (Å²) < 4.78 is 0.503. The molecule has 0 radical (unpaired) electrons. The van der Waals surface area contributed by atoms with Gasteiger partial charge in [-0.2, -0.15) is 0 Å². The molecule has 12 heavy (non-hydrogen) atoms. The van der Waals surface area contributed by atoms with Gasteiger partial charge in [0.2, 0.25) is 0 Å². The Morgan fingerprint density at radius 2 is 2.00 bits per heavy atom. The third-order valence-corrected chi connectivity index (χ3v) is 7.46. The van der Waals surface area contributed by atoms with Gasteiger partial charge in [0.1, 0.15) is 0 Å². The summed E-state index contributed by atoms with van der Waals surface area (Å²) >= 11 is 4.37. The first-order valence-corrected chi connectivity index (χ1v) is 6.77. The van der Waals surface area contributed by atoms with Crippen LogP contribution in [0.25, 0.3) is 0 Å². The number of hydrogen-bond donors (Lipinski definition) is 0. The summed E-state index contributed by atoms with van der Waals surface area (Å²) in [7, 11) is 0. The van der Waals surface area contributed by atoms with Gasteiger partial charge in [-0.1, -0.05) is 6.58 Å². The van der Waals surface area contributed by atoms with Gasteiger partial charge in [0.05, 0.1) is 4.08 Å². The Balaban J connectivity index is 1.99. The summed E-state index contributed by atoms with van der Waals surface area (Å²) in [4.78, 5) is 0. The third kappa shape index (κ3) is 0.784. The van der Waals surface area contributed by atoms with E-state index >= 15 is 0 Å². The molecule has 66 valence electrons. The molecule has 3 rings (SSSR count). The quantitative estimate of drug-likeness (QED) is 0.548. The summed E-state index contributed by atoms with van der Waals surface area (Å²) in [5.74, 6) is 4.58. The lowest BCUT2D eigenvalue weighted by Crippen LogP contribution is -2.27. The Bertz CT molecular complexity index is 228. The van der Waals surface area contributed by atoms with Crippen LogP contribution in [-0.4, -0.2) is 15.6 Å². The van der Waals surface area contributed by atoms with Crippen molar-refractivity contribution < 1.29 is 0 Å². The van der Waals surface area contributed by atoms with E-state index in [0.29, 0.717) is 4.08 Å². The van der Waals surface area contributed by atoms with E-state index in [-0.39, 0.29) is 0 Å². The molecule has 1 saturated heterocycles. The highest BCUT2D eigenvalue weighted by Crippen LogP contribution is 2.66. The highest BCUT2D eigenvalue weighted by atomic mass is 32.2. The molecular formula is C10H14S2. The molecule has 0 aromatic carbocycles. The zero-order valence-corrected chi connectivity index (χ0v) is 8.85. The van der Waals surface area contributed by atoms with Crippen LogP contribution in [0.1, 0.15) is 19.3 Å². The van der Waals surface area contributed by atoms with E-state index in [0.717, 1.165) is 11.8 Å². The van der Waals surface area contributed by atoms with E-state index in [1.165, 1.54) is 30.8 Å². The number of hydrogen-bond acceptors (Lipinski definition) is 2. The molecule has 0 amide bonds. The first kappa shape index (κ1) is 7.81. The molecule has 0 aromatic rings. The van der Waals surface area contributed by atoms with Gasteiger partial charge in [-0.05, 0) is 36.7 Å². The van der Waals surface area contributed by atoms with Crippen molar-refractivity contribution in [1.29, 1.82) is 0 Å². The van der Waals surface area contributed by atoms with E-state index in [4.69, 9.17) is 0 Å². The molecule has 0 aromatic heterocycles. The van der Waals surface area contributed by atoms with Crippen LogP contribution in [0.4, 0.5) is 0 Å². The van der Waals surface area contributed by atoms with Crippen molar-refractivity contribution in [2.45, 2.75) is 23.3 Å². The summed E-state index contributed by atoms with van der Waals surface area (Å²) in [6.07, 6.45) is 4.37. The zero-order chi connectivity index (χ0) is 8.18. The van der Waals surface area contributed by atoms with Gasteiger partial charge < -0.3 is 0 Å². The van der Waals surface area contributed by atoms with Gasteiger partial charge in [0, 0.05) is 11.5 Å². The first-order chi connectivity index (χ1) is 5.83. The maximum absolute atomic E-state index is 4.33. The molecule has 2 bridgehead atoms. The van der Waals surface area contributed by atoms with Crippen LogP contribution in [0.2, 0.25) is 0 Å². The maximum Gasteiger partial charge on any atom is 0.0849 e. The number of fused-ring (bicyclic) bond motifs is 3. The first-order valence-electron chi connectivity index (χ1n) is 4.80. The monoisotopic (exact) mass is 198 g/mol. The SMILES string of the molecule is C=C1[C@H]2CC[C@H](C2)C12SCCS2. The van der Waals surface area contributed by atoms with Gasteiger partial charge in [-0.3, -0.25) is 0 Å². The van der Waals surface area contributed by atoms with Crippen LogP contribution < -0.4 is 0 Å². The lowest BCUT2D eigenvalue weighted by molar-refractivity contribution is 0.550. The second-order valence-electron chi connectivity index (χ2n) is 4.10. The second kappa shape index (κ2) is 2.48. The van der Waals surface area contributed by atoms with Crippen molar-refractivity contribution in [2.75, 3.05) is 11.5 Å². The van der Waals surface area contributed by atoms with Crippen LogP contribution in [0.5, 0.6) is 0 Å². The van der Waals surface area contributed by atoms with Gasteiger partial charge in [0.15, 0.2) is 0 Å². The maximum atomic E-state index is 4.33. The molecule has 1 aliphatic heterocycles. The lowest BCUT2D eigenvalue weighted by Gasteiger charge is -2.33. The molecule has 0 N–H and O–H groups in total. The Labute approximate surface area is 82.6 Å². The van der Waals surface area contributed by atoms with Crippen LogP contribution in [0.15, 0.2) is 12.2 Å². The summed E-state index contributed by atoms with van der Waals surface area (Å²) in [5.41, 5.74) is 1.59. The fourth-order valence-corrected chi connectivity index (χ4v) is 6.75. The van der Waals surface area contributed by atoms with E-state index in [2.05, 4.69) is 30.1 Å². The van der Waals surface area contributed by atoms with Gasteiger partial charge in [-0.25, -0.2) is 0 Å². The average Bonchev–Trinajstić information content (AvgIpc) is 2.75. The summed E-state index contributed by atoms with van der Waals surface area (Å²) in [6, 6.07) is 0. The molecular weight excluding hydrogens is 184 g/mol. The molecule has 3 aliphatic rings. The van der Waals surface area contributed by atoms with Crippen LogP contribution in [-0.2, 0) is 0 Å². The minimum atomic E-state index is 0.503. The van der Waals surface area contributed by atoms with Crippen molar-refractivity contribution in [3.05, 3.63) is 12.2 Å². The smallest absolute Gasteiger partial charge is 0.0849 e. The minimum Gasteiger partial charge on any atom is -0.139 e. The summed E-state index contributed by atoms with van der Waals surface area (Å²) in [5, 5.41) is 0. The molecule has 2 atom stereocenters. The van der Waals surface area contributed by atoms with Gasteiger partial charge in [0.25, 0.3) is 0 Å². The largest absolute Gasteiger partial charge is 0.139 e. The Kier molecular flexibility index (Phi) is 1.61. The molecule has 2 heteroatoms. The molecule has 1 spiro atoms. The molecule has 3 fully saturated rings.